The van der Waals surface area contributed by atoms with Crippen molar-refractivity contribution in [3.63, 3.8) is 0 Å². The van der Waals surface area contributed by atoms with Gasteiger partial charge in [-0.05, 0) is 37.5 Å². The molecule has 0 bridgehead atoms. The molecule has 0 aromatic heterocycles. The quantitative estimate of drug-likeness (QED) is 0.926. The van der Waals surface area contributed by atoms with Crippen molar-refractivity contribution in [3.05, 3.63) is 27.7 Å². The van der Waals surface area contributed by atoms with E-state index in [0.29, 0.717) is 17.2 Å². The maximum atomic E-state index is 12.2. The van der Waals surface area contributed by atoms with Gasteiger partial charge in [-0.15, -0.1) is 0 Å². The third-order valence-electron chi connectivity index (χ3n) is 3.10. The van der Waals surface area contributed by atoms with Crippen molar-refractivity contribution in [2.45, 2.75) is 30.8 Å². The van der Waals surface area contributed by atoms with Gasteiger partial charge in [0.05, 0.1) is 11.1 Å². The van der Waals surface area contributed by atoms with Gasteiger partial charge in [-0.2, -0.15) is 0 Å². The van der Waals surface area contributed by atoms with Crippen molar-refractivity contribution in [2.75, 3.05) is 13.2 Å². The second kappa shape index (κ2) is 5.97. The maximum Gasteiger partial charge on any atom is 0.242 e. The Morgan fingerprint density at radius 2 is 2.16 bits per heavy atom. The highest BCUT2D eigenvalue weighted by molar-refractivity contribution is 7.89. The van der Waals surface area contributed by atoms with Crippen LogP contribution in [0.4, 0.5) is 0 Å². The average molecular weight is 324 g/mol. The van der Waals surface area contributed by atoms with Crippen LogP contribution in [0.3, 0.4) is 0 Å². The number of hydrogen-bond donors (Lipinski definition) is 1. The summed E-state index contributed by atoms with van der Waals surface area (Å²) in [6, 6.07) is 2.94. The molecule has 1 aliphatic heterocycles. The molecule has 0 aliphatic carbocycles. The van der Waals surface area contributed by atoms with Crippen molar-refractivity contribution in [2.24, 2.45) is 0 Å². The van der Waals surface area contributed by atoms with E-state index in [1.807, 2.05) is 0 Å². The highest BCUT2D eigenvalue weighted by atomic mass is 35.5. The molecule has 0 spiro atoms. The Morgan fingerprint density at radius 3 is 2.79 bits per heavy atom. The van der Waals surface area contributed by atoms with Crippen LogP contribution in [0, 0.1) is 6.92 Å². The first-order chi connectivity index (χ1) is 8.92. The molecular weight excluding hydrogens is 309 g/mol. The second-order valence-electron chi connectivity index (χ2n) is 4.47. The van der Waals surface area contributed by atoms with E-state index in [4.69, 9.17) is 27.9 Å². The summed E-state index contributed by atoms with van der Waals surface area (Å²) in [5.41, 5.74) is 0.559. The molecule has 1 aromatic carbocycles. The highest BCUT2D eigenvalue weighted by Gasteiger charge is 2.23. The number of rotatable bonds is 4. The van der Waals surface area contributed by atoms with Gasteiger partial charge in [0.1, 0.15) is 4.90 Å². The normalized spacial score (nSPS) is 19.8. The van der Waals surface area contributed by atoms with Crippen molar-refractivity contribution in [1.29, 1.82) is 0 Å². The molecule has 1 aromatic rings. The van der Waals surface area contributed by atoms with Gasteiger partial charge >= 0.3 is 0 Å². The molecule has 0 amide bonds. The summed E-state index contributed by atoms with van der Waals surface area (Å²) in [5.74, 6) is 0. The SMILES string of the molecule is Cc1c(Cl)ccc(S(=O)(=O)NC[C@@H]2CCCO2)c1Cl. The zero-order valence-corrected chi connectivity index (χ0v) is 12.8. The summed E-state index contributed by atoms with van der Waals surface area (Å²) in [4.78, 5) is 0.0501. The lowest BCUT2D eigenvalue weighted by atomic mass is 10.2. The fourth-order valence-electron chi connectivity index (χ4n) is 1.93. The molecular formula is C12H15Cl2NO3S. The summed E-state index contributed by atoms with van der Waals surface area (Å²) >= 11 is 11.9. The Hall–Kier alpha value is -0.330. The monoisotopic (exact) mass is 323 g/mol. The minimum atomic E-state index is -3.64. The number of sulfonamides is 1. The lowest BCUT2D eigenvalue weighted by Crippen LogP contribution is -2.32. The molecule has 1 saturated heterocycles. The number of ether oxygens (including phenoxy) is 1. The maximum absolute atomic E-state index is 12.2. The largest absolute Gasteiger partial charge is 0.377 e. The zero-order valence-electron chi connectivity index (χ0n) is 10.4. The van der Waals surface area contributed by atoms with E-state index in [1.54, 1.807) is 6.92 Å². The summed E-state index contributed by atoms with van der Waals surface area (Å²) in [5, 5.41) is 0.607. The molecule has 19 heavy (non-hydrogen) atoms. The minimum Gasteiger partial charge on any atom is -0.377 e. The molecule has 0 radical (unpaired) electrons. The van der Waals surface area contributed by atoms with E-state index < -0.39 is 10.0 Å². The molecule has 1 N–H and O–H groups in total. The Labute approximate surface area is 123 Å². The van der Waals surface area contributed by atoms with Gasteiger partial charge in [-0.1, -0.05) is 23.2 Å². The predicted octanol–water partition coefficient (Wildman–Crippen LogP) is 2.76. The summed E-state index contributed by atoms with van der Waals surface area (Å²) in [7, 11) is -3.64. The average Bonchev–Trinajstić information content (AvgIpc) is 2.86. The summed E-state index contributed by atoms with van der Waals surface area (Å²) in [6.07, 6.45) is 1.78. The molecule has 1 fully saturated rings. The van der Waals surface area contributed by atoms with E-state index in [0.717, 1.165) is 12.8 Å². The van der Waals surface area contributed by atoms with Crippen molar-refractivity contribution >= 4 is 33.2 Å². The lowest BCUT2D eigenvalue weighted by molar-refractivity contribution is 0.114. The van der Waals surface area contributed by atoms with Gasteiger partial charge in [0, 0.05) is 18.2 Å². The van der Waals surface area contributed by atoms with Gasteiger partial charge in [0.2, 0.25) is 10.0 Å². The zero-order chi connectivity index (χ0) is 14.0. The van der Waals surface area contributed by atoms with E-state index in [9.17, 15) is 8.42 Å². The van der Waals surface area contributed by atoms with Crippen LogP contribution >= 0.6 is 23.2 Å². The molecule has 106 valence electrons. The van der Waals surface area contributed by atoms with Gasteiger partial charge in [-0.25, -0.2) is 13.1 Å². The first-order valence-corrected chi connectivity index (χ1v) is 8.21. The van der Waals surface area contributed by atoms with E-state index in [-0.39, 0.29) is 22.6 Å². The Morgan fingerprint density at radius 1 is 1.42 bits per heavy atom. The van der Waals surface area contributed by atoms with Crippen molar-refractivity contribution in [1.82, 2.24) is 4.72 Å². The third kappa shape index (κ3) is 3.41. The number of hydrogen-bond acceptors (Lipinski definition) is 3. The fraction of sp³-hybridized carbons (Fsp3) is 0.500. The molecule has 4 nitrogen and oxygen atoms in total. The van der Waals surface area contributed by atoms with Crippen LogP contribution in [0.5, 0.6) is 0 Å². The highest BCUT2D eigenvalue weighted by Crippen LogP contribution is 2.30. The van der Waals surface area contributed by atoms with Gasteiger partial charge < -0.3 is 4.74 Å². The van der Waals surface area contributed by atoms with Crippen LogP contribution in [-0.4, -0.2) is 27.7 Å². The fourth-order valence-corrected chi connectivity index (χ4v) is 3.80. The molecule has 1 aliphatic rings. The van der Waals surface area contributed by atoms with Gasteiger partial charge in [0.15, 0.2) is 0 Å². The van der Waals surface area contributed by atoms with Crippen LogP contribution in [0.2, 0.25) is 10.0 Å². The molecule has 7 heteroatoms. The summed E-state index contributed by atoms with van der Waals surface area (Å²) in [6.45, 7) is 2.64. The van der Waals surface area contributed by atoms with Crippen LogP contribution in [-0.2, 0) is 14.8 Å². The van der Waals surface area contributed by atoms with E-state index >= 15 is 0 Å². The number of halogens is 2. The lowest BCUT2D eigenvalue weighted by Gasteiger charge is -2.13. The predicted molar refractivity (Wildman–Crippen MR) is 75.4 cm³/mol. The van der Waals surface area contributed by atoms with Crippen LogP contribution in [0.1, 0.15) is 18.4 Å². The van der Waals surface area contributed by atoms with Crippen molar-refractivity contribution < 1.29 is 13.2 Å². The topological polar surface area (TPSA) is 55.4 Å². The number of nitrogens with one attached hydrogen (secondary N) is 1. The Bertz CT molecular complexity index is 569. The molecule has 1 atom stereocenters. The van der Waals surface area contributed by atoms with E-state index in [1.165, 1.54) is 12.1 Å². The summed E-state index contributed by atoms with van der Waals surface area (Å²) < 4.78 is 32.3. The first-order valence-electron chi connectivity index (χ1n) is 5.97. The Kier molecular flexibility index (Phi) is 4.74. The first kappa shape index (κ1) is 15.1. The van der Waals surface area contributed by atoms with E-state index in [2.05, 4.69) is 4.72 Å². The van der Waals surface area contributed by atoms with Crippen LogP contribution in [0.15, 0.2) is 17.0 Å². The minimum absolute atomic E-state index is 0.0501. The van der Waals surface area contributed by atoms with Crippen molar-refractivity contribution in [3.8, 4) is 0 Å². The third-order valence-corrected chi connectivity index (χ3v) is 5.57. The van der Waals surface area contributed by atoms with Gasteiger partial charge in [0.25, 0.3) is 0 Å². The molecule has 0 saturated carbocycles. The van der Waals surface area contributed by atoms with Crippen LogP contribution in [0.25, 0.3) is 0 Å². The second-order valence-corrected chi connectivity index (χ2v) is 6.99. The smallest absolute Gasteiger partial charge is 0.242 e. The number of benzene rings is 1. The van der Waals surface area contributed by atoms with Crippen LogP contribution < -0.4 is 4.72 Å². The Balaban J connectivity index is 2.17. The standard InChI is InChI=1S/C12H15Cl2NO3S/c1-8-10(13)4-5-11(12(8)14)19(16,17)15-7-9-3-2-6-18-9/h4-5,9,15H,2-3,6-7H2,1H3/t9-/m0/s1. The molecule has 2 rings (SSSR count). The van der Waals surface area contributed by atoms with Gasteiger partial charge in [-0.3, -0.25) is 0 Å². The molecule has 0 unspecified atom stereocenters. The molecule has 1 heterocycles.